The van der Waals surface area contributed by atoms with Crippen molar-refractivity contribution in [2.45, 2.75) is 34.6 Å². The number of hydrogen-bond donors (Lipinski definition) is 1. The molecular weight excluding hydrogens is 122 g/mol. The normalized spacial score (nSPS) is 4.60. The van der Waals surface area contributed by atoms with Gasteiger partial charge in [0.2, 0.25) is 0 Å². The van der Waals surface area contributed by atoms with E-state index in [1.165, 1.54) is 0 Å². The Kier molecular flexibility index (Phi) is 403. The summed E-state index contributed by atoms with van der Waals surface area (Å²) in [6.45, 7) is 17.1. The Bertz CT molecular complexity index is 12.2. The molecule has 0 atom stereocenters. The van der Waals surface area contributed by atoms with E-state index >= 15 is 0 Å². The second kappa shape index (κ2) is 178. The van der Waals surface area contributed by atoms with Crippen LogP contribution in [0.15, 0.2) is 13.2 Å². The standard InChI is InChI=1S/C3H9N.2C2H6.C2H4/c1-3-4-2;3*1-2/h4H,3H2,1-2H3;2*1-2H3;1-2H2. The maximum absolute atomic E-state index is 3.00. The average Bonchev–Trinajstić information content (AvgIpc) is 2.14. The Morgan fingerprint density at radius 3 is 1.10 bits per heavy atom. The summed E-state index contributed by atoms with van der Waals surface area (Å²) in [6, 6.07) is 0. The van der Waals surface area contributed by atoms with Gasteiger partial charge in [-0.15, -0.1) is 13.2 Å². The van der Waals surface area contributed by atoms with Crippen molar-refractivity contribution in [1.29, 1.82) is 0 Å². The van der Waals surface area contributed by atoms with Gasteiger partial charge in [-0.1, -0.05) is 34.6 Å². The van der Waals surface area contributed by atoms with Gasteiger partial charge in [-0.3, -0.25) is 0 Å². The van der Waals surface area contributed by atoms with Crippen molar-refractivity contribution in [2.75, 3.05) is 13.6 Å². The fourth-order valence-corrected chi connectivity index (χ4v) is 0. The molecule has 0 saturated heterocycles. The van der Waals surface area contributed by atoms with E-state index in [1.54, 1.807) is 0 Å². The van der Waals surface area contributed by atoms with Gasteiger partial charge in [0.15, 0.2) is 0 Å². The molecule has 0 saturated carbocycles. The third-order valence-electron chi connectivity index (χ3n) is 0.354. The zero-order valence-corrected chi connectivity index (χ0v) is 8.62. The van der Waals surface area contributed by atoms with Gasteiger partial charge in [0.25, 0.3) is 0 Å². The fourth-order valence-electron chi connectivity index (χ4n) is 0. The summed E-state index contributed by atoms with van der Waals surface area (Å²) >= 11 is 0. The molecule has 0 aliphatic rings. The van der Waals surface area contributed by atoms with Gasteiger partial charge in [0, 0.05) is 0 Å². The first-order valence-corrected chi connectivity index (χ1v) is 4.06. The van der Waals surface area contributed by atoms with Crippen molar-refractivity contribution in [2.24, 2.45) is 0 Å². The van der Waals surface area contributed by atoms with Crippen molar-refractivity contribution in [3.8, 4) is 0 Å². The van der Waals surface area contributed by atoms with Crippen molar-refractivity contribution >= 4 is 0 Å². The first-order chi connectivity index (χ1) is 4.91. The van der Waals surface area contributed by atoms with Crippen LogP contribution in [0.4, 0.5) is 0 Å². The number of hydrogen-bond acceptors (Lipinski definition) is 1. The monoisotopic (exact) mass is 147 g/mol. The molecule has 0 aromatic heterocycles. The molecule has 0 rings (SSSR count). The second-order valence-electron chi connectivity index (χ2n) is 0.707. The van der Waals surface area contributed by atoms with Gasteiger partial charge >= 0.3 is 0 Å². The number of rotatable bonds is 1. The molecule has 1 nitrogen and oxygen atoms in total. The summed E-state index contributed by atoms with van der Waals surface area (Å²) < 4.78 is 0. The van der Waals surface area contributed by atoms with E-state index < -0.39 is 0 Å². The molecule has 0 unspecified atom stereocenters. The Morgan fingerprint density at radius 2 is 1.10 bits per heavy atom. The zero-order valence-electron chi connectivity index (χ0n) is 8.62. The Balaban J connectivity index is -0.0000000262. The zero-order chi connectivity index (χ0) is 9.41. The lowest BCUT2D eigenvalue weighted by molar-refractivity contribution is 0.864. The Hall–Kier alpha value is -0.300. The average molecular weight is 147 g/mol. The van der Waals surface area contributed by atoms with Crippen LogP contribution in [0.1, 0.15) is 34.6 Å². The first-order valence-electron chi connectivity index (χ1n) is 4.06. The summed E-state index contributed by atoms with van der Waals surface area (Å²) in [5.41, 5.74) is 0. The van der Waals surface area contributed by atoms with Gasteiger partial charge in [-0.05, 0) is 13.6 Å². The molecule has 0 spiro atoms. The molecule has 0 radical (unpaired) electrons. The van der Waals surface area contributed by atoms with Crippen LogP contribution in [0.3, 0.4) is 0 Å². The van der Waals surface area contributed by atoms with Gasteiger partial charge in [-0.25, -0.2) is 0 Å². The van der Waals surface area contributed by atoms with Gasteiger partial charge in [0.1, 0.15) is 0 Å². The summed E-state index contributed by atoms with van der Waals surface area (Å²) in [7, 11) is 1.93. The van der Waals surface area contributed by atoms with E-state index in [-0.39, 0.29) is 0 Å². The van der Waals surface area contributed by atoms with Crippen LogP contribution in [-0.4, -0.2) is 13.6 Å². The minimum Gasteiger partial charge on any atom is -0.320 e. The lowest BCUT2D eigenvalue weighted by Gasteiger charge is -1.76. The summed E-state index contributed by atoms with van der Waals surface area (Å²) in [5.74, 6) is 0. The molecule has 0 aliphatic heterocycles. The Morgan fingerprint density at radius 1 is 1.00 bits per heavy atom. The molecule has 0 heterocycles. The van der Waals surface area contributed by atoms with E-state index in [0.29, 0.717) is 0 Å². The van der Waals surface area contributed by atoms with E-state index in [1.807, 2.05) is 34.7 Å². The minimum absolute atomic E-state index is 1.07. The smallest absolute Gasteiger partial charge is 0.00804 e. The van der Waals surface area contributed by atoms with E-state index in [0.717, 1.165) is 6.54 Å². The molecule has 0 bridgehead atoms. The van der Waals surface area contributed by atoms with Gasteiger partial charge in [0.05, 0.1) is 0 Å². The number of nitrogens with one attached hydrogen (secondary N) is 1. The maximum atomic E-state index is 3.00. The molecule has 0 aromatic rings. The molecule has 0 aromatic carbocycles. The molecule has 0 amide bonds. The lowest BCUT2D eigenvalue weighted by atomic mass is 10.8. The van der Waals surface area contributed by atoms with Crippen LogP contribution in [0, 0.1) is 0 Å². The second-order valence-corrected chi connectivity index (χ2v) is 0.707. The molecule has 0 aliphatic carbocycles. The summed E-state index contributed by atoms with van der Waals surface area (Å²) in [4.78, 5) is 0. The topological polar surface area (TPSA) is 12.0 Å². The van der Waals surface area contributed by atoms with Crippen molar-refractivity contribution in [3.05, 3.63) is 13.2 Å². The predicted octanol–water partition coefficient (Wildman–Crippen LogP) is 3.08. The minimum atomic E-state index is 1.07. The highest BCUT2D eigenvalue weighted by atomic mass is 14.8. The first kappa shape index (κ1) is 22.6. The maximum Gasteiger partial charge on any atom is -0.00804 e. The Labute approximate surface area is 67.5 Å². The molecule has 1 N–H and O–H groups in total. The third-order valence-corrected chi connectivity index (χ3v) is 0.354. The van der Waals surface area contributed by atoms with Crippen LogP contribution >= 0.6 is 0 Å². The van der Waals surface area contributed by atoms with Crippen LogP contribution in [0.5, 0.6) is 0 Å². The highest BCUT2D eigenvalue weighted by molar-refractivity contribution is 4.22. The van der Waals surface area contributed by atoms with E-state index in [2.05, 4.69) is 25.4 Å². The summed E-state index contributed by atoms with van der Waals surface area (Å²) in [5, 5.41) is 2.93. The predicted molar refractivity (Wildman–Crippen MR) is 53.6 cm³/mol. The highest BCUT2D eigenvalue weighted by Gasteiger charge is 1.50. The fraction of sp³-hybridized carbons (Fsp3) is 0.778. The lowest BCUT2D eigenvalue weighted by Crippen LogP contribution is -2.01. The quantitative estimate of drug-likeness (QED) is 0.562. The molecular formula is C9H25N. The van der Waals surface area contributed by atoms with Crippen LogP contribution < -0.4 is 5.32 Å². The summed E-state index contributed by atoms with van der Waals surface area (Å²) in [6.07, 6.45) is 0. The van der Waals surface area contributed by atoms with E-state index in [9.17, 15) is 0 Å². The highest BCUT2D eigenvalue weighted by Crippen LogP contribution is 1.34. The molecule has 66 valence electrons. The van der Waals surface area contributed by atoms with Crippen molar-refractivity contribution in [3.63, 3.8) is 0 Å². The van der Waals surface area contributed by atoms with Gasteiger partial charge < -0.3 is 5.32 Å². The van der Waals surface area contributed by atoms with Crippen LogP contribution in [-0.2, 0) is 0 Å². The van der Waals surface area contributed by atoms with Crippen molar-refractivity contribution in [1.82, 2.24) is 5.32 Å². The van der Waals surface area contributed by atoms with Crippen LogP contribution in [0.25, 0.3) is 0 Å². The third kappa shape index (κ3) is 705. The van der Waals surface area contributed by atoms with Crippen molar-refractivity contribution < 1.29 is 0 Å². The molecule has 0 fully saturated rings. The SMILES string of the molecule is C=C.CC.CC.CCNC. The largest absolute Gasteiger partial charge is 0.320 e. The van der Waals surface area contributed by atoms with E-state index in [4.69, 9.17) is 0 Å². The van der Waals surface area contributed by atoms with Crippen LogP contribution in [0.2, 0.25) is 0 Å². The molecule has 1 heteroatoms. The molecule has 10 heavy (non-hydrogen) atoms. The van der Waals surface area contributed by atoms with Gasteiger partial charge in [-0.2, -0.15) is 0 Å².